The largest absolute Gasteiger partial charge is 0.382 e. The summed E-state index contributed by atoms with van der Waals surface area (Å²) in [5, 5.41) is 7.40. The van der Waals surface area contributed by atoms with Gasteiger partial charge in [-0.3, -0.25) is 0 Å². The van der Waals surface area contributed by atoms with Gasteiger partial charge in [0.05, 0.1) is 0 Å². The van der Waals surface area contributed by atoms with Crippen molar-refractivity contribution < 1.29 is 0 Å². The van der Waals surface area contributed by atoms with Gasteiger partial charge in [0.1, 0.15) is 0 Å². The minimum Gasteiger partial charge on any atom is -0.382 e. The molecule has 0 aromatic heterocycles. The van der Waals surface area contributed by atoms with Crippen molar-refractivity contribution in [2.75, 3.05) is 11.9 Å². The van der Waals surface area contributed by atoms with Crippen LogP contribution in [0.1, 0.15) is 48.9 Å². The molecule has 2 rings (SSSR count). The summed E-state index contributed by atoms with van der Waals surface area (Å²) < 4.78 is 0. The van der Waals surface area contributed by atoms with Gasteiger partial charge in [-0.05, 0) is 83.2 Å². The maximum Gasteiger partial charge on any atom is 0.0407 e. The van der Waals surface area contributed by atoms with Crippen molar-refractivity contribution in [1.29, 1.82) is 0 Å². The molecule has 1 fully saturated rings. The second-order valence-electron chi connectivity index (χ2n) is 6.78. The van der Waals surface area contributed by atoms with E-state index in [1.807, 2.05) is 0 Å². The molecule has 1 aliphatic heterocycles. The Bertz CT molecular complexity index is 448. The monoisotopic (exact) mass is 260 g/mol. The Kier molecular flexibility index (Phi) is 3.91. The third kappa shape index (κ3) is 3.11. The van der Waals surface area contributed by atoms with Crippen LogP contribution < -0.4 is 10.6 Å². The number of benzene rings is 1. The highest BCUT2D eigenvalue weighted by atomic mass is 15.0. The summed E-state index contributed by atoms with van der Waals surface area (Å²) in [4.78, 5) is 0. The maximum absolute atomic E-state index is 3.81. The van der Waals surface area contributed by atoms with Gasteiger partial charge >= 0.3 is 0 Å². The van der Waals surface area contributed by atoms with E-state index in [2.05, 4.69) is 58.2 Å². The van der Waals surface area contributed by atoms with E-state index < -0.39 is 0 Å². The average molecular weight is 260 g/mol. The second-order valence-corrected chi connectivity index (χ2v) is 6.78. The lowest BCUT2D eigenvalue weighted by Crippen LogP contribution is -2.50. The van der Waals surface area contributed by atoms with Gasteiger partial charge in [-0.1, -0.05) is 6.07 Å². The summed E-state index contributed by atoms with van der Waals surface area (Å²) in [6, 6.07) is 2.87. The van der Waals surface area contributed by atoms with E-state index in [1.54, 1.807) is 0 Å². The molecule has 1 aromatic rings. The van der Waals surface area contributed by atoms with E-state index in [0.717, 1.165) is 6.54 Å². The van der Waals surface area contributed by atoms with E-state index >= 15 is 0 Å². The fourth-order valence-corrected chi connectivity index (χ4v) is 3.14. The van der Waals surface area contributed by atoms with Crippen molar-refractivity contribution in [2.45, 2.75) is 66.0 Å². The van der Waals surface area contributed by atoms with Crippen LogP contribution in [0.15, 0.2) is 6.07 Å². The molecule has 1 aromatic carbocycles. The first-order chi connectivity index (χ1) is 8.80. The lowest BCUT2D eigenvalue weighted by Gasteiger charge is -2.38. The predicted octanol–water partition coefficient (Wildman–Crippen LogP) is 3.86. The number of piperidine rings is 1. The Morgan fingerprint density at radius 3 is 2.21 bits per heavy atom. The van der Waals surface area contributed by atoms with E-state index in [9.17, 15) is 0 Å². The highest BCUT2D eigenvalue weighted by Gasteiger charge is 2.27. The Balaban J connectivity index is 2.24. The lowest BCUT2D eigenvalue weighted by atomic mass is 9.88. The second kappa shape index (κ2) is 5.16. The Morgan fingerprint density at radius 1 is 1.11 bits per heavy atom. The van der Waals surface area contributed by atoms with Crippen LogP contribution in [0, 0.1) is 27.7 Å². The van der Waals surface area contributed by atoms with Crippen molar-refractivity contribution >= 4 is 5.69 Å². The number of nitrogens with one attached hydrogen (secondary N) is 2. The molecule has 0 spiro atoms. The number of rotatable bonds is 2. The fourth-order valence-electron chi connectivity index (χ4n) is 3.14. The zero-order chi connectivity index (χ0) is 14.2. The number of anilines is 1. The molecule has 0 radical (unpaired) electrons. The highest BCUT2D eigenvalue weighted by Crippen LogP contribution is 2.29. The smallest absolute Gasteiger partial charge is 0.0407 e. The molecule has 0 saturated carbocycles. The lowest BCUT2D eigenvalue weighted by molar-refractivity contribution is 0.286. The average Bonchev–Trinajstić information content (AvgIpc) is 2.31. The quantitative estimate of drug-likeness (QED) is 0.843. The van der Waals surface area contributed by atoms with E-state index in [4.69, 9.17) is 0 Å². The first-order valence-corrected chi connectivity index (χ1v) is 7.39. The first-order valence-electron chi connectivity index (χ1n) is 7.39. The van der Waals surface area contributed by atoms with Crippen LogP contribution in [0.2, 0.25) is 0 Å². The van der Waals surface area contributed by atoms with Crippen molar-refractivity contribution in [3.63, 3.8) is 0 Å². The van der Waals surface area contributed by atoms with Gasteiger partial charge in [0, 0.05) is 17.3 Å². The van der Waals surface area contributed by atoms with Crippen molar-refractivity contribution in [2.24, 2.45) is 0 Å². The molecule has 0 aliphatic carbocycles. The zero-order valence-corrected chi connectivity index (χ0v) is 13.3. The summed E-state index contributed by atoms with van der Waals surface area (Å²) in [6.45, 7) is 14.6. The standard InChI is InChI=1S/C17H28N2/c1-11-9-12(2)14(4)16(13(11)3)19-15-7-8-18-17(5,6)10-15/h9,15,18-19H,7-8,10H2,1-6H3. The van der Waals surface area contributed by atoms with E-state index in [-0.39, 0.29) is 5.54 Å². The van der Waals surface area contributed by atoms with Crippen LogP contribution >= 0.6 is 0 Å². The van der Waals surface area contributed by atoms with Crippen LogP contribution in [0.3, 0.4) is 0 Å². The number of hydrogen-bond acceptors (Lipinski definition) is 2. The third-order valence-electron chi connectivity index (χ3n) is 4.57. The molecule has 1 saturated heterocycles. The molecule has 0 bridgehead atoms. The Labute approximate surface area is 118 Å². The number of aryl methyl sites for hydroxylation is 2. The van der Waals surface area contributed by atoms with Gasteiger partial charge in [-0.25, -0.2) is 0 Å². The minimum atomic E-state index is 0.247. The van der Waals surface area contributed by atoms with Crippen molar-refractivity contribution in [3.8, 4) is 0 Å². The van der Waals surface area contributed by atoms with Gasteiger partial charge in [0.2, 0.25) is 0 Å². The minimum absolute atomic E-state index is 0.247. The molecule has 106 valence electrons. The van der Waals surface area contributed by atoms with E-state index in [0.29, 0.717) is 6.04 Å². The van der Waals surface area contributed by atoms with Crippen LogP contribution in [0.5, 0.6) is 0 Å². The van der Waals surface area contributed by atoms with Crippen molar-refractivity contribution in [1.82, 2.24) is 5.32 Å². The molecular formula is C17H28N2. The van der Waals surface area contributed by atoms with Crippen molar-refractivity contribution in [3.05, 3.63) is 28.3 Å². The predicted molar refractivity (Wildman–Crippen MR) is 84.1 cm³/mol. The SMILES string of the molecule is Cc1cc(C)c(C)c(NC2CCNC(C)(C)C2)c1C. The van der Waals surface area contributed by atoms with Gasteiger partial charge in [0.15, 0.2) is 0 Å². The van der Waals surface area contributed by atoms with Gasteiger partial charge in [0.25, 0.3) is 0 Å². The fraction of sp³-hybridized carbons (Fsp3) is 0.647. The van der Waals surface area contributed by atoms with Gasteiger partial charge < -0.3 is 10.6 Å². The molecule has 1 atom stereocenters. The van der Waals surface area contributed by atoms with Gasteiger partial charge in [-0.2, -0.15) is 0 Å². The van der Waals surface area contributed by atoms with Crippen LogP contribution in [-0.2, 0) is 0 Å². The van der Waals surface area contributed by atoms with Crippen LogP contribution in [-0.4, -0.2) is 18.1 Å². The zero-order valence-electron chi connectivity index (χ0n) is 13.3. The topological polar surface area (TPSA) is 24.1 Å². The summed E-state index contributed by atoms with van der Waals surface area (Å²) in [5.41, 5.74) is 7.19. The highest BCUT2D eigenvalue weighted by molar-refractivity contribution is 5.62. The summed E-state index contributed by atoms with van der Waals surface area (Å²) >= 11 is 0. The molecule has 2 N–H and O–H groups in total. The molecule has 2 heteroatoms. The summed E-state index contributed by atoms with van der Waals surface area (Å²) in [5.74, 6) is 0. The maximum atomic E-state index is 3.81. The summed E-state index contributed by atoms with van der Waals surface area (Å²) in [7, 11) is 0. The number of hydrogen-bond donors (Lipinski definition) is 2. The molecule has 2 nitrogen and oxygen atoms in total. The Morgan fingerprint density at radius 2 is 1.68 bits per heavy atom. The molecule has 1 unspecified atom stereocenters. The molecule has 1 aliphatic rings. The van der Waals surface area contributed by atoms with Crippen LogP contribution in [0.25, 0.3) is 0 Å². The van der Waals surface area contributed by atoms with Crippen LogP contribution in [0.4, 0.5) is 5.69 Å². The summed E-state index contributed by atoms with van der Waals surface area (Å²) in [6.07, 6.45) is 2.38. The molecule has 19 heavy (non-hydrogen) atoms. The normalized spacial score (nSPS) is 22.3. The Hall–Kier alpha value is -1.02. The third-order valence-corrected chi connectivity index (χ3v) is 4.57. The first kappa shape index (κ1) is 14.4. The molecular weight excluding hydrogens is 232 g/mol. The van der Waals surface area contributed by atoms with Gasteiger partial charge in [-0.15, -0.1) is 0 Å². The molecule has 0 amide bonds. The molecule has 1 heterocycles. The van der Waals surface area contributed by atoms with E-state index in [1.165, 1.54) is 40.8 Å².